The molecule has 0 aliphatic heterocycles. The van der Waals surface area contributed by atoms with E-state index in [4.69, 9.17) is 4.74 Å². The van der Waals surface area contributed by atoms with Crippen molar-refractivity contribution < 1.29 is 18.7 Å². The minimum Gasteiger partial charge on any atom is -0.460 e. The number of nitrogens with zero attached hydrogens (tertiary/aromatic N) is 1. The van der Waals surface area contributed by atoms with Crippen molar-refractivity contribution in [2.24, 2.45) is 0 Å². The van der Waals surface area contributed by atoms with Crippen LogP contribution in [0.5, 0.6) is 0 Å². The maximum Gasteiger partial charge on any atom is 0.306 e. The van der Waals surface area contributed by atoms with Gasteiger partial charge in [-0.25, -0.2) is 4.39 Å². The average molecular weight is 377 g/mol. The van der Waals surface area contributed by atoms with E-state index in [-0.39, 0.29) is 24.1 Å². The van der Waals surface area contributed by atoms with Crippen LogP contribution in [0.3, 0.4) is 0 Å². The summed E-state index contributed by atoms with van der Waals surface area (Å²) in [5, 5.41) is 0. The molecule has 1 aromatic heterocycles. The minimum atomic E-state index is -0.494. The van der Waals surface area contributed by atoms with E-state index in [9.17, 15) is 14.0 Å². The Morgan fingerprint density at radius 2 is 1.77 bits per heavy atom. The number of ether oxygens (including phenoxy) is 1. The number of hydrogen-bond acceptors (Lipinski definition) is 4. The Labute approximate surface area is 157 Å². The van der Waals surface area contributed by atoms with Crippen molar-refractivity contribution >= 4 is 23.2 Å². The topological polar surface area (TPSA) is 46.6 Å². The first-order chi connectivity index (χ1) is 12.2. The Balaban J connectivity index is 1.88. The van der Waals surface area contributed by atoms with Crippen molar-refractivity contribution in [1.29, 1.82) is 0 Å². The van der Waals surface area contributed by atoms with Gasteiger partial charge in [-0.3, -0.25) is 9.59 Å². The molecule has 0 aliphatic carbocycles. The van der Waals surface area contributed by atoms with Crippen molar-refractivity contribution in [3.63, 3.8) is 0 Å². The normalized spacial score (nSPS) is 11.3. The quantitative estimate of drug-likeness (QED) is 0.683. The van der Waals surface area contributed by atoms with E-state index in [1.54, 1.807) is 30.1 Å². The van der Waals surface area contributed by atoms with E-state index >= 15 is 0 Å². The molecule has 1 aromatic carbocycles. The molecule has 2 aromatic rings. The molecule has 140 valence electrons. The van der Waals surface area contributed by atoms with E-state index in [0.29, 0.717) is 17.8 Å². The first-order valence-corrected chi connectivity index (χ1v) is 9.30. The van der Waals surface area contributed by atoms with Crippen LogP contribution in [0.4, 0.5) is 4.39 Å². The summed E-state index contributed by atoms with van der Waals surface area (Å²) in [5.74, 6) is -0.632. The van der Waals surface area contributed by atoms with Gasteiger partial charge in [0.15, 0.2) is 0 Å². The van der Waals surface area contributed by atoms with Crippen LogP contribution in [0.15, 0.2) is 36.4 Å². The van der Waals surface area contributed by atoms with Crippen LogP contribution in [-0.4, -0.2) is 36.0 Å². The third-order valence-corrected chi connectivity index (χ3v) is 4.71. The summed E-state index contributed by atoms with van der Waals surface area (Å²) in [6.45, 7) is 5.96. The summed E-state index contributed by atoms with van der Waals surface area (Å²) >= 11 is 1.37. The predicted octanol–water partition coefficient (Wildman–Crippen LogP) is 4.75. The first kappa shape index (κ1) is 20.1. The smallest absolute Gasteiger partial charge is 0.306 e. The van der Waals surface area contributed by atoms with Crippen molar-refractivity contribution in [2.45, 2.75) is 39.2 Å². The van der Waals surface area contributed by atoms with E-state index < -0.39 is 5.60 Å². The van der Waals surface area contributed by atoms with E-state index in [1.165, 1.54) is 23.5 Å². The summed E-state index contributed by atoms with van der Waals surface area (Å²) in [4.78, 5) is 27.4. The van der Waals surface area contributed by atoms with Gasteiger partial charge in [0, 0.05) is 24.9 Å². The zero-order chi connectivity index (χ0) is 19.3. The Morgan fingerprint density at radius 1 is 1.12 bits per heavy atom. The second kappa shape index (κ2) is 8.45. The number of benzene rings is 1. The van der Waals surface area contributed by atoms with Crippen LogP contribution < -0.4 is 0 Å². The van der Waals surface area contributed by atoms with Gasteiger partial charge in [-0.1, -0.05) is 12.1 Å². The largest absolute Gasteiger partial charge is 0.460 e. The Bertz CT molecular complexity index is 762. The maximum atomic E-state index is 13.0. The molecule has 6 heteroatoms. The fraction of sp³-hybridized carbons (Fsp3) is 0.400. The molecule has 0 aliphatic rings. The highest BCUT2D eigenvalue weighted by Gasteiger charge is 2.18. The zero-order valence-electron chi connectivity index (χ0n) is 15.5. The number of rotatable bonds is 6. The summed E-state index contributed by atoms with van der Waals surface area (Å²) in [5.41, 5.74) is 0.384. The lowest BCUT2D eigenvalue weighted by Gasteiger charge is -2.20. The fourth-order valence-electron chi connectivity index (χ4n) is 2.36. The monoisotopic (exact) mass is 377 g/mol. The number of halogens is 1. The van der Waals surface area contributed by atoms with Gasteiger partial charge in [-0.2, -0.15) is 0 Å². The number of thiophene rings is 1. The molecule has 1 heterocycles. The van der Waals surface area contributed by atoms with Gasteiger partial charge >= 0.3 is 5.97 Å². The van der Waals surface area contributed by atoms with Gasteiger partial charge in [0.05, 0.1) is 4.88 Å². The molecule has 2 rings (SSSR count). The van der Waals surface area contributed by atoms with Crippen LogP contribution in [0, 0.1) is 5.82 Å². The number of carbonyl (C=O) groups is 2. The molecule has 0 atom stereocenters. The summed E-state index contributed by atoms with van der Waals surface area (Å²) < 4.78 is 18.3. The molecular formula is C20H24FNO3S. The Hall–Kier alpha value is -2.21. The highest BCUT2D eigenvalue weighted by Crippen LogP contribution is 2.28. The Morgan fingerprint density at radius 3 is 2.38 bits per heavy atom. The van der Waals surface area contributed by atoms with Crippen molar-refractivity contribution in [3.05, 3.63) is 47.1 Å². The molecule has 0 spiro atoms. The van der Waals surface area contributed by atoms with Crippen LogP contribution in [0.2, 0.25) is 0 Å². The lowest BCUT2D eigenvalue weighted by molar-refractivity contribution is -0.154. The molecular weight excluding hydrogens is 353 g/mol. The number of esters is 1. The molecule has 4 nitrogen and oxygen atoms in total. The predicted molar refractivity (Wildman–Crippen MR) is 102 cm³/mol. The third-order valence-electron chi connectivity index (χ3n) is 3.59. The van der Waals surface area contributed by atoms with Crippen LogP contribution in [0.25, 0.3) is 10.4 Å². The average Bonchev–Trinajstić information content (AvgIpc) is 3.03. The minimum absolute atomic E-state index is 0.0902. The van der Waals surface area contributed by atoms with Gasteiger partial charge in [-0.15, -0.1) is 11.3 Å². The molecule has 0 N–H and O–H groups in total. The standard InChI is InChI=1S/C20H24FNO3S/c1-20(2,3)25-18(23)6-5-13-22(4)19(24)17-12-11-16(26-17)14-7-9-15(21)10-8-14/h7-12H,5-6,13H2,1-4H3. The third kappa shape index (κ3) is 5.95. The Kier molecular flexibility index (Phi) is 6.53. The van der Waals surface area contributed by atoms with Crippen molar-refractivity contribution in [1.82, 2.24) is 4.90 Å². The lowest BCUT2D eigenvalue weighted by Crippen LogP contribution is -2.28. The highest BCUT2D eigenvalue weighted by atomic mass is 32.1. The van der Waals surface area contributed by atoms with Crippen molar-refractivity contribution in [3.8, 4) is 10.4 Å². The van der Waals surface area contributed by atoms with Crippen LogP contribution >= 0.6 is 11.3 Å². The maximum absolute atomic E-state index is 13.0. The van der Waals surface area contributed by atoms with Gasteiger partial charge in [-0.05, 0) is 57.0 Å². The zero-order valence-corrected chi connectivity index (χ0v) is 16.4. The molecule has 0 bridgehead atoms. The summed E-state index contributed by atoms with van der Waals surface area (Å²) in [6.07, 6.45) is 0.827. The van der Waals surface area contributed by atoms with Gasteiger partial charge in [0.25, 0.3) is 5.91 Å². The van der Waals surface area contributed by atoms with Gasteiger partial charge in [0.2, 0.25) is 0 Å². The molecule has 0 radical (unpaired) electrons. The second-order valence-electron chi connectivity index (χ2n) is 7.09. The highest BCUT2D eigenvalue weighted by molar-refractivity contribution is 7.17. The first-order valence-electron chi connectivity index (χ1n) is 8.49. The van der Waals surface area contributed by atoms with Crippen molar-refractivity contribution in [2.75, 3.05) is 13.6 Å². The summed E-state index contributed by atoms with van der Waals surface area (Å²) in [6, 6.07) is 9.83. The second-order valence-corrected chi connectivity index (χ2v) is 8.17. The molecule has 0 unspecified atom stereocenters. The van der Waals surface area contributed by atoms with Crippen LogP contribution in [0.1, 0.15) is 43.3 Å². The molecule has 0 saturated carbocycles. The number of hydrogen-bond donors (Lipinski definition) is 0. The molecule has 1 amide bonds. The van der Waals surface area contributed by atoms with E-state index in [2.05, 4.69) is 0 Å². The molecule has 0 saturated heterocycles. The molecule has 0 fully saturated rings. The SMILES string of the molecule is CN(CCCC(=O)OC(C)(C)C)C(=O)c1ccc(-c2ccc(F)cc2)s1. The summed E-state index contributed by atoms with van der Waals surface area (Å²) in [7, 11) is 1.72. The lowest BCUT2D eigenvalue weighted by atomic mass is 10.2. The number of amides is 1. The fourth-order valence-corrected chi connectivity index (χ4v) is 3.37. The van der Waals surface area contributed by atoms with E-state index in [0.717, 1.165) is 10.4 Å². The molecule has 26 heavy (non-hydrogen) atoms. The van der Waals surface area contributed by atoms with Gasteiger partial charge in [0.1, 0.15) is 11.4 Å². The van der Waals surface area contributed by atoms with Gasteiger partial charge < -0.3 is 9.64 Å². The van der Waals surface area contributed by atoms with Crippen LogP contribution in [-0.2, 0) is 9.53 Å². The van der Waals surface area contributed by atoms with E-state index in [1.807, 2.05) is 26.8 Å². The number of carbonyl (C=O) groups excluding carboxylic acids is 2.